The Morgan fingerprint density at radius 2 is 1.90 bits per heavy atom. The van der Waals surface area contributed by atoms with Crippen molar-refractivity contribution < 1.29 is 9.53 Å². The van der Waals surface area contributed by atoms with Crippen molar-refractivity contribution in [2.24, 2.45) is 10.9 Å². The van der Waals surface area contributed by atoms with E-state index >= 15 is 0 Å². The van der Waals surface area contributed by atoms with Gasteiger partial charge in [-0.25, -0.2) is 0 Å². The number of benzene rings is 1. The number of nitrogens with zero attached hydrogens (tertiary/aromatic N) is 2. The van der Waals surface area contributed by atoms with Crippen molar-refractivity contribution in [1.82, 2.24) is 20.9 Å². The largest absolute Gasteiger partial charge is 0.373 e. The maximum atomic E-state index is 11.6. The van der Waals surface area contributed by atoms with Crippen LogP contribution >= 0.6 is 24.0 Å². The Bertz CT molecular complexity index is 704. The number of aliphatic imine (C=N–C) groups is 1. The van der Waals surface area contributed by atoms with Crippen molar-refractivity contribution >= 4 is 35.8 Å². The van der Waals surface area contributed by atoms with Crippen LogP contribution in [0.5, 0.6) is 0 Å². The summed E-state index contributed by atoms with van der Waals surface area (Å²) in [7, 11) is 3.51. The molecule has 3 N–H and O–H groups in total. The molecule has 0 spiro atoms. The number of rotatable bonds is 6. The molecule has 2 aliphatic rings. The third-order valence-corrected chi connectivity index (χ3v) is 6.18. The highest BCUT2D eigenvalue weighted by Crippen LogP contribution is 2.33. The first kappa shape index (κ1) is 25.9. The van der Waals surface area contributed by atoms with E-state index in [1.54, 1.807) is 7.05 Å². The highest BCUT2D eigenvalue weighted by molar-refractivity contribution is 14.0. The van der Waals surface area contributed by atoms with Gasteiger partial charge in [0.25, 0.3) is 0 Å². The van der Waals surface area contributed by atoms with Crippen molar-refractivity contribution in [3.63, 3.8) is 0 Å². The quantitative estimate of drug-likeness (QED) is 0.292. The molecule has 2 saturated heterocycles. The van der Waals surface area contributed by atoms with Crippen LogP contribution in [0.3, 0.4) is 0 Å². The Morgan fingerprint density at radius 1 is 1.19 bits per heavy atom. The van der Waals surface area contributed by atoms with E-state index < -0.39 is 0 Å². The van der Waals surface area contributed by atoms with Gasteiger partial charge < -0.3 is 20.7 Å². The van der Waals surface area contributed by atoms with Crippen LogP contribution in [0.1, 0.15) is 42.9 Å². The van der Waals surface area contributed by atoms with E-state index in [-0.39, 0.29) is 36.0 Å². The van der Waals surface area contributed by atoms with E-state index in [1.807, 2.05) is 7.05 Å². The first-order valence-corrected chi connectivity index (χ1v) is 11.2. The topological polar surface area (TPSA) is 78.0 Å². The summed E-state index contributed by atoms with van der Waals surface area (Å²) in [4.78, 5) is 18.2. The molecule has 0 saturated carbocycles. The van der Waals surface area contributed by atoms with Crippen molar-refractivity contribution in [2.75, 3.05) is 46.9 Å². The lowest BCUT2D eigenvalue weighted by atomic mass is 9.89. The molecule has 1 amide bonds. The molecule has 3 rings (SSSR count). The summed E-state index contributed by atoms with van der Waals surface area (Å²) in [5.74, 6) is 1.36. The summed E-state index contributed by atoms with van der Waals surface area (Å²) in [6.45, 7) is 6.12. The molecule has 8 heteroatoms. The van der Waals surface area contributed by atoms with Crippen molar-refractivity contribution in [3.8, 4) is 0 Å². The third-order valence-electron chi connectivity index (χ3n) is 6.18. The minimum atomic E-state index is 0. The van der Waals surface area contributed by atoms with Gasteiger partial charge in [0.1, 0.15) is 0 Å². The second-order valence-corrected chi connectivity index (χ2v) is 8.43. The molecule has 2 unspecified atom stereocenters. The van der Waals surface area contributed by atoms with Gasteiger partial charge in [-0.15, -0.1) is 24.0 Å². The Morgan fingerprint density at radius 3 is 2.55 bits per heavy atom. The number of piperidine rings is 1. The Kier molecular flexibility index (Phi) is 11.0. The number of hydrogen-bond acceptors (Lipinski definition) is 4. The molecule has 2 atom stereocenters. The molecule has 0 radical (unpaired) electrons. The van der Waals surface area contributed by atoms with Crippen LogP contribution < -0.4 is 16.0 Å². The highest BCUT2D eigenvalue weighted by Gasteiger charge is 2.28. The smallest absolute Gasteiger partial charge is 0.233 e. The van der Waals surface area contributed by atoms with Crippen molar-refractivity contribution in [1.29, 1.82) is 0 Å². The summed E-state index contributed by atoms with van der Waals surface area (Å²) in [5.41, 5.74) is 2.54. The molecule has 31 heavy (non-hydrogen) atoms. The molecule has 1 aromatic carbocycles. The van der Waals surface area contributed by atoms with Gasteiger partial charge in [-0.3, -0.25) is 14.7 Å². The van der Waals surface area contributed by atoms with Gasteiger partial charge >= 0.3 is 0 Å². The number of aryl methyl sites for hydroxylation is 1. The number of guanidine groups is 1. The fourth-order valence-corrected chi connectivity index (χ4v) is 4.31. The lowest BCUT2D eigenvalue weighted by Gasteiger charge is -2.34. The fourth-order valence-electron chi connectivity index (χ4n) is 4.31. The number of halogens is 1. The normalized spacial score (nSPS) is 23.0. The molecule has 2 fully saturated rings. The predicted molar refractivity (Wildman–Crippen MR) is 136 cm³/mol. The third kappa shape index (κ3) is 7.91. The first-order valence-electron chi connectivity index (χ1n) is 11.2. The molecule has 2 heterocycles. The summed E-state index contributed by atoms with van der Waals surface area (Å²) in [5, 5.41) is 9.79. The molecule has 7 nitrogen and oxygen atoms in total. The standard InChI is InChI=1S/C23H37N5O2.HI/c1-17-6-8-18(9-7-17)22-19(5-4-14-30-22)15-26-23(25-3)27-20-10-12-28(13-11-20)16-21(29)24-2;/h6-9,19-20,22H,4-5,10-16H2,1-3H3,(H,24,29)(H2,25,26,27);1H. The number of hydrogen-bond donors (Lipinski definition) is 3. The number of carbonyl (C=O) groups excluding carboxylic acids is 1. The summed E-state index contributed by atoms with van der Waals surface area (Å²) >= 11 is 0. The lowest BCUT2D eigenvalue weighted by Crippen LogP contribution is -2.50. The van der Waals surface area contributed by atoms with E-state index in [1.165, 1.54) is 11.1 Å². The second kappa shape index (κ2) is 13.2. The molecule has 0 aromatic heterocycles. The number of likely N-dealkylation sites (N-methyl/N-ethyl adjacent to an activating group) is 1. The minimum absolute atomic E-state index is 0. The summed E-state index contributed by atoms with van der Waals surface area (Å²) < 4.78 is 6.15. The monoisotopic (exact) mass is 543 g/mol. The van der Waals surface area contributed by atoms with Crippen LogP contribution in [0.2, 0.25) is 0 Å². The number of carbonyl (C=O) groups is 1. The minimum Gasteiger partial charge on any atom is -0.373 e. The zero-order valence-corrected chi connectivity index (χ0v) is 21.4. The maximum Gasteiger partial charge on any atom is 0.233 e. The molecule has 174 valence electrons. The highest BCUT2D eigenvalue weighted by atomic mass is 127. The molecule has 0 aliphatic carbocycles. The van der Waals surface area contributed by atoms with Crippen molar-refractivity contribution in [2.45, 2.75) is 44.8 Å². The maximum absolute atomic E-state index is 11.6. The average molecular weight is 543 g/mol. The van der Waals surface area contributed by atoms with Gasteiger partial charge in [0.2, 0.25) is 5.91 Å². The molecule has 2 aliphatic heterocycles. The van der Waals surface area contributed by atoms with E-state index in [2.05, 4.69) is 57.0 Å². The van der Waals surface area contributed by atoms with Crippen molar-refractivity contribution in [3.05, 3.63) is 35.4 Å². The average Bonchev–Trinajstić information content (AvgIpc) is 2.78. The fraction of sp³-hybridized carbons (Fsp3) is 0.652. The van der Waals surface area contributed by atoms with Gasteiger partial charge in [0, 0.05) is 52.3 Å². The Balaban J connectivity index is 0.00000341. The number of likely N-dealkylation sites (tertiary alicyclic amines) is 1. The summed E-state index contributed by atoms with van der Waals surface area (Å²) in [6, 6.07) is 9.09. The van der Waals surface area contributed by atoms with Gasteiger partial charge in [-0.1, -0.05) is 29.8 Å². The van der Waals surface area contributed by atoms with E-state index in [4.69, 9.17) is 4.74 Å². The predicted octanol–water partition coefficient (Wildman–Crippen LogP) is 2.46. The molecular weight excluding hydrogens is 505 g/mol. The van der Waals surface area contributed by atoms with Gasteiger partial charge in [0.05, 0.1) is 12.6 Å². The number of ether oxygens (including phenoxy) is 1. The molecular formula is C23H38IN5O2. The van der Waals surface area contributed by atoms with Crippen LogP contribution in [0.25, 0.3) is 0 Å². The van der Waals surface area contributed by atoms with E-state index in [9.17, 15) is 4.79 Å². The van der Waals surface area contributed by atoms with E-state index in [0.717, 1.165) is 57.9 Å². The number of nitrogens with one attached hydrogen (secondary N) is 3. The zero-order chi connectivity index (χ0) is 21.3. The second-order valence-electron chi connectivity index (χ2n) is 8.43. The molecule has 0 bridgehead atoms. The van der Waals surface area contributed by atoms with Gasteiger partial charge in [-0.2, -0.15) is 0 Å². The lowest BCUT2D eigenvalue weighted by molar-refractivity contribution is -0.122. The zero-order valence-electron chi connectivity index (χ0n) is 19.0. The van der Waals surface area contributed by atoms with E-state index in [0.29, 0.717) is 18.5 Å². The van der Waals surface area contributed by atoms with Crippen LogP contribution in [0, 0.1) is 12.8 Å². The number of amides is 1. The first-order chi connectivity index (χ1) is 14.6. The summed E-state index contributed by atoms with van der Waals surface area (Å²) in [6.07, 6.45) is 4.41. The van der Waals surface area contributed by atoms with Crippen LogP contribution in [-0.2, 0) is 9.53 Å². The van der Waals surface area contributed by atoms with Gasteiger partial charge in [-0.05, 0) is 38.2 Å². The van der Waals surface area contributed by atoms with Crippen LogP contribution in [0.15, 0.2) is 29.3 Å². The SMILES string of the molecule is CN=C(NCC1CCCOC1c1ccc(C)cc1)NC1CCN(CC(=O)NC)CC1.I. The van der Waals surface area contributed by atoms with Crippen LogP contribution in [0.4, 0.5) is 0 Å². The Labute approximate surface area is 203 Å². The molecule has 1 aromatic rings. The van der Waals surface area contributed by atoms with Crippen LogP contribution in [-0.4, -0.2) is 69.7 Å². The Hall–Kier alpha value is -1.39. The van der Waals surface area contributed by atoms with Gasteiger partial charge in [0.15, 0.2) is 5.96 Å².